The van der Waals surface area contributed by atoms with E-state index in [1.807, 2.05) is 25.1 Å². The molecule has 2 atom stereocenters. The van der Waals surface area contributed by atoms with E-state index >= 15 is 0 Å². The number of aromatic nitrogens is 3. The van der Waals surface area contributed by atoms with Crippen LogP contribution in [-0.2, 0) is 4.74 Å². The molecule has 7 nitrogen and oxygen atoms in total. The molecular formula is C21H20FN5O2. The molecule has 0 bridgehead atoms. The van der Waals surface area contributed by atoms with Crippen molar-refractivity contribution >= 4 is 17.3 Å². The van der Waals surface area contributed by atoms with Crippen molar-refractivity contribution in [1.29, 1.82) is 0 Å². The van der Waals surface area contributed by atoms with Gasteiger partial charge in [-0.15, -0.1) is 0 Å². The number of nitrogens with one attached hydrogen (secondary N) is 2. The number of hydrogen-bond acceptors (Lipinski definition) is 4. The minimum atomic E-state index is -0.330. The SMILES string of the molecule is Cc1ccc([C@H]2C[C@@H]2c2cc(/C3=C/NC(=O)NCOC3)nn3ccnc23)c(F)c1. The van der Waals surface area contributed by atoms with Crippen molar-refractivity contribution < 1.29 is 13.9 Å². The number of carbonyl (C=O) groups excluding carboxylic acids is 1. The number of amides is 2. The largest absolute Gasteiger partial charge is 0.356 e. The molecule has 2 amide bonds. The molecule has 1 aromatic carbocycles. The predicted molar refractivity (Wildman–Crippen MR) is 105 cm³/mol. The molecule has 3 heterocycles. The highest BCUT2D eigenvalue weighted by Gasteiger charge is 2.42. The topological polar surface area (TPSA) is 80.5 Å². The summed E-state index contributed by atoms with van der Waals surface area (Å²) in [5, 5.41) is 9.86. The van der Waals surface area contributed by atoms with Gasteiger partial charge in [-0.2, -0.15) is 5.10 Å². The number of aryl methyl sites for hydroxylation is 1. The zero-order valence-electron chi connectivity index (χ0n) is 15.9. The normalized spacial score (nSPS) is 23.5. The Kier molecular flexibility index (Phi) is 4.28. The Hall–Kier alpha value is -3.26. The Morgan fingerprint density at radius 1 is 1.24 bits per heavy atom. The summed E-state index contributed by atoms with van der Waals surface area (Å²) in [5.41, 5.74) is 4.91. The number of nitrogens with zero attached hydrogens (tertiary/aromatic N) is 3. The lowest BCUT2D eigenvalue weighted by Crippen LogP contribution is -2.36. The summed E-state index contributed by atoms with van der Waals surface area (Å²) in [6, 6.07) is 7.07. The molecule has 0 unspecified atom stereocenters. The lowest BCUT2D eigenvalue weighted by atomic mass is 10.0. The average Bonchev–Trinajstić information content (AvgIpc) is 3.31. The quantitative estimate of drug-likeness (QED) is 0.717. The van der Waals surface area contributed by atoms with Gasteiger partial charge in [-0.1, -0.05) is 12.1 Å². The molecule has 1 fully saturated rings. The van der Waals surface area contributed by atoms with Crippen LogP contribution in [0.2, 0.25) is 0 Å². The van der Waals surface area contributed by atoms with Gasteiger partial charge in [0.25, 0.3) is 0 Å². The zero-order chi connectivity index (χ0) is 20.0. The number of fused-ring (bicyclic) bond motifs is 1. The molecule has 1 aliphatic heterocycles. The van der Waals surface area contributed by atoms with Crippen LogP contribution in [0.3, 0.4) is 0 Å². The third-order valence-corrected chi connectivity index (χ3v) is 5.43. The van der Waals surface area contributed by atoms with Gasteiger partial charge in [-0.3, -0.25) is 0 Å². The fourth-order valence-corrected chi connectivity index (χ4v) is 3.86. The highest BCUT2D eigenvalue weighted by atomic mass is 19.1. The molecule has 0 spiro atoms. The van der Waals surface area contributed by atoms with E-state index in [9.17, 15) is 9.18 Å². The molecule has 1 saturated carbocycles. The highest BCUT2D eigenvalue weighted by molar-refractivity contribution is 5.78. The van der Waals surface area contributed by atoms with Crippen molar-refractivity contribution in [2.45, 2.75) is 25.2 Å². The standard InChI is InChI=1S/C21H20FN5O2/c1-12-2-3-14(18(22)6-12)15-7-16(15)17-8-19(26-27-5-4-23-20(17)27)13-9-24-21(28)25-11-29-10-13/h2-6,8-9,15-16H,7,10-11H2,1H3,(H2,24,25,28)/b13-9+/t15-,16+/m1/s1. The number of hydrogen-bond donors (Lipinski definition) is 2. The van der Waals surface area contributed by atoms with Crippen molar-refractivity contribution in [3.63, 3.8) is 0 Å². The number of urea groups is 1. The first kappa shape index (κ1) is 17.8. The number of carbonyl (C=O) groups is 1. The molecule has 1 aliphatic carbocycles. The van der Waals surface area contributed by atoms with Crippen LogP contribution in [0.25, 0.3) is 11.2 Å². The van der Waals surface area contributed by atoms with Crippen LogP contribution >= 0.6 is 0 Å². The summed E-state index contributed by atoms with van der Waals surface area (Å²) in [7, 11) is 0. The van der Waals surface area contributed by atoms with Gasteiger partial charge >= 0.3 is 6.03 Å². The van der Waals surface area contributed by atoms with Crippen molar-refractivity contribution in [2.75, 3.05) is 13.3 Å². The van der Waals surface area contributed by atoms with Crippen molar-refractivity contribution in [2.24, 2.45) is 0 Å². The molecule has 0 radical (unpaired) electrons. The van der Waals surface area contributed by atoms with Crippen molar-refractivity contribution in [3.05, 3.63) is 71.1 Å². The van der Waals surface area contributed by atoms with E-state index in [1.54, 1.807) is 29.2 Å². The van der Waals surface area contributed by atoms with E-state index in [-0.39, 0.29) is 30.4 Å². The number of halogens is 1. The van der Waals surface area contributed by atoms with E-state index < -0.39 is 0 Å². The van der Waals surface area contributed by atoms with Crippen molar-refractivity contribution in [1.82, 2.24) is 25.2 Å². The molecular weight excluding hydrogens is 373 g/mol. The fraction of sp³-hybridized carbons (Fsp3) is 0.286. The van der Waals surface area contributed by atoms with E-state index in [0.29, 0.717) is 12.3 Å². The van der Waals surface area contributed by atoms with Crippen LogP contribution in [0.1, 0.15) is 40.6 Å². The Morgan fingerprint density at radius 3 is 2.97 bits per heavy atom. The summed E-state index contributed by atoms with van der Waals surface area (Å²) in [4.78, 5) is 16.1. The molecule has 2 aliphatic rings. The van der Waals surface area contributed by atoms with Crippen molar-refractivity contribution in [3.8, 4) is 0 Å². The van der Waals surface area contributed by atoms with E-state index in [4.69, 9.17) is 4.74 Å². The first-order chi connectivity index (χ1) is 14.1. The minimum Gasteiger partial charge on any atom is -0.356 e. The predicted octanol–water partition coefficient (Wildman–Crippen LogP) is 3.08. The summed E-state index contributed by atoms with van der Waals surface area (Å²) in [6.45, 7) is 2.32. The summed E-state index contributed by atoms with van der Waals surface area (Å²) in [6.07, 6.45) is 5.96. The second-order valence-corrected chi connectivity index (χ2v) is 7.47. The van der Waals surface area contributed by atoms with E-state index in [1.165, 1.54) is 0 Å². The molecule has 148 valence electrons. The van der Waals surface area contributed by atoms with Crippen LogP contribution in [-0.4, -0.2) is 34.0 Å². The Morgan fingerprint density at radius 2 is 2.10 bits per heavy atom. The highest BCUT2D eigenvalue weighted by Crippen LogP contribution is 2.56. The number of rotatable bonds is 3. The number of ether oxygens (including phenoxy) is 1. The maximum Gasteiger partial charge on any atom is 0.320 e. The molecule has 3 aromatic rings. The second-order valence-electron chi connectivity index (χ2n) is 7.47. The molecule has 2 N–H and O–H groups in total. The number of benzene rings is 1. The first-order valence-electron chi connectivity index (χ1n) is 9.52. The van der Waals surface area contributed by atoms with Crippen LogP contribution in [0.5, 0.6) is 0 Å². The van der Waals surface area contributed by atoms with Gasteiger partial charge in [0.2, 0.25) is 0 Å². The lowest BCUT2D eigenvalue weighted by molar-refractivity contribution is 0.146. The van der Waals surface area contributed by atoms with Gasteiger partial charge < -0.3 is 15.4 Å². The minimum absolute atomic E-state index is 0.123. The molecule has 5 rings (SSSR count). The Balaban J connectivity index is 1.52. The first-order valence-corrected chi connectivity index (χ1v) is 9.52. The van der Waals surface area contributed by atoms with Gasteiger partial charge in [0, 0.05) is 29.7 Å². The van der Waals surface area contributed by atoms with Crippen LogP contribution in [0.15, 0.2) is 42.9 Å². The van der Waals surface area contributed by atoms with Gasteiger partial charge in [0.05, 0.1) is 12.3 Å². The molecule has 8 heteroatoms. The third kappa shape index (κ3) is 3.36. The maximum absolute atomic E-state index is 14.5. The molecule has 2 aromatic heterocycles. The van der Waals surface area contributed by atoms with Crippen LogP contribution < -0.4 is 10.6 Å². The van der Waals surface area contributed by atoms with Crippen LogP contribution in [0, 0.1) is 12.7 Å². The van der Waals surface area contributed by atoms with E-state index in [0.717, 1.165) is 34.3 Å². The van der Waals surface area contributed by atoms with Gasteiger partial charge in [-0.25, -0.2) is 18.7 Å². The lowest BCUT2D eigenvalue weighted by Gasteiger charge is -2.15. The monoisotopic (exact) mass is 393 g/mol. The Labute approximate surface area is 166 Å². The van der Waals surface area contributed by atoms with Crippen LogP contribution in [0.4, 0.5) is 9.18 Å². The summed E-state index contributed by atoms with van der Waals surface area (Å²) < 4.78 is 21.7. The molecule has 29 heavy (non-hydrogen) atoms. The van der Waals surface area contributed by atoms with Gasteiger partial charge in [0.1, 0.15) is 12.5 Å². The fourth-order valence-electron chi connectivity index (χ4n) is 3.86. The second kappa shape index (κ2) is 6.97. The average molecular weight is 393 g/mol. The summed E-state index contributed by atoms with van der Waals surface area (Å²) >= 11 is 0. The maximum atomic E-state index is 14.5. The van der Waals surface area contributed by atoms with E-state index in [2.05, 4.69) is 20.7 Å². The third-order valence-electron chi connectivity index (χ3n) is 5.43. The van der Waals surface area contributed by atoms with Gasteiger partial charge in [-0.05, 0) is 48.4 Å². The zero-order valence-corrected chi connectivity index (χ0v) is 15.9. The smallest absolute Gasteiger partial charge is 0.320 e. The van der Waals surface area contributed by atoms with Gasteiger partial charge in [0.15, 0.2) is 5.65 Å². The number of imidazole rings is 1. The summed E-state index contributed by atoms with van der Waals surface area (Å²) in [5.74, 6) is 0.139. The molecule has 0 saturated heterocycles. The Bertz CT molecular complexity index is 1140.